The zero-order chi connectivity index (χ0) is 23.0. The lowest BCUT2D eigenvalue weighted by Gasteiger charge is -2.34. The van der Waals surface area contributed by atoms with Gasteiger partial charge in [-0.2, -0.15) is 10.4 Å². The van der Waals surface area contributed by atoms with Gasteiger partial charge in [0.25, 0.3) is 5.56 Å². The molecule has 0 radical (unpaired) electrons. The lowest BCUT2D eigenvalue weighted by Crippen LogP contribution is -2.45. The molecular formula is C25H27N7O. The Morgan fingerprint density at radius 2 is 1.79 bits per heavy atom. The SMILES string of the molecule is CCN1CCN(Cc2ccc(C=NNc3nc(-c4ccccc4)c(C#N)c(=O)[nH]3)cc2)CC1. The van der Waals surface area contributed by atoms with Crippen LogP contribution >= 0.6 is 0 Å². The van der Waals surface area contributed by atoms with Crippen molar-refractivity contribution >= 4 is 12.2 Å². The molecule has 2 aromatic carbocycles. The van der Waals surface area contributed by atoms with Crippen LogP contribution in [0.2, 0.25) is 0 Å². The minimum absolute atomic E-state index is 0.0255. The number of rotatable bonds is 7. The number of aromatic nitrogens is 2. The van der Waals surface area contributed by atoms with Crippen molar-refractivity contribution in [3.05, 3.63) is 81.6 Å². The lowest BCUT2D eigenvalue weighted by atomic mass is 10.1. The highest BCUT2D eigenvalue weighted by molar-refractivity contribution is 5.80. The molecule has 0 saturated carbocycles. The summed E-state index contributed by atoms with van der Waals surface area (Å²) in [5.74, 6) is 0.178. The first-order chi connectivity index (χ1) is 16.2. The van der Waals surface area contributed by atoms with Gasteiger partial charge >= 0.3 is 0 Å². The molecule has 33 heavy (non-hydrogen) atoms. The molecule has 0 bridgehead atoms. The Balaban J connectivity index is 1.40. The molecule has 4 rings (SSSR count). The second kappa shape index (κ2) is 10.7. The molecule has 1 saturated heterocycles. The van der Waals surface area contributed by atoms with E-state index < -0.39 is 5.56 Å². The van der Waals surface area contributed by atoms with Gasteiger partial charge in [-0.05, 0) is 17.7 Å². The molecule has 0 unspecified atom stereocenters. The molecule has 1 aliphatic rings. The van der Waals surface area contributed by atoms with Crippen LogP contribution in [0.3, 0.4) is 0 Å². The quantitative estimate of drug-likeness (QED) is 0.432. The summed E-state index contributed by atoms with van der Waals surface area (Å²) in [6.07, 6.45) is 1.67. The van der Waals surface area contributed by atoms with E-state index in [2.05, 4.69) is 49.4 Å². The maximum Gasteiger partial charge on any atom is 0.270 e. The van der Waals surface area contributed by atoms with E-state index in [1.54, 1.807) is 18.3 Å². The van der Waals surface area contributed by atoms with Crippen LogP contribution in [0, 0.1) is 11.3 Å². The fourth-order valence-electron chi connectivity index (χ4n) is 3.83. The number of aromatic amines is 1. The van der Waals surface area contributed by atoms with Crippen LogP contribution in [0.5, 0.6) is 0 Å². The van der Waals surface area contributed by atoms with Gasteiger partial charge in [0.1, 0.15) is 11.6 Å². The second-order valence-electron chi connectivity index (χ2n) is 7.94. The highest BCUT2D eigenvalue weighted by Crippen LogP contribution is 2.19. The minimum atomic E-state index is -0.506. The number of hydrogen-bond acceptors (Lipinski definition) is 7. The Hall–Kier alpha value is -3.80. The highest BCUT2D eigenvalue weighted by atomic mass is 16.1. The summed E-state index contributed by atoms with van der Waals surface area (Å²) in [4.78, 5) is 24.2. The van der Waals surface area contributed by atoms with E-state index in [1.807, 2.05) is 36.4 Å². The van der Waals surface area contributed by atoms with Gasteiger partial charge in [-0.3, -0.25) is 14.7 Å². The summed E-state index contributed by atoms with van der Waals surface area (Å²) < 4.78 is 0. The fraction of sp³-hybridized carbons (Fsp3) is 0.280. The largest absolute Gasteiger partial charge is 0.301 e. The second-order valence-corrected chi connectivity index (χ2v) is 7.94. The number of benzene rings is 2. The van der Waals surface area contributed by atoms with Crippen molar-refractivity contribution in [3.63, 3.8) is 0 Å². The Labute approximate surface area is 193 Å². The number of nitrogens with one attached hydrogen (secondary N) is 2. The zero-order valence-electron chi connectivity index (χ0n) is 18.7. The molecule has 0 atom stereocenters. The van der Waals surface area contributed by atoms with E-state index in [-0.39, 0.29) is 11.5 Å². The van der Waals surface area contributed by atoms with Crippen LogP contribution in [-0.4, -0.2) is 58.7 Å². The Kier molecular flexibility index (Phi) is 7.25. The van der Waals surface area contributed by atoms with Crippen LogP contribution in [-0.2, 0) is 6.54 Å². The molecule has 1 fully saturated rings. The third-order valence-electron chi connectivity index (χ3n) is 5.76. The average molecular weight is 442 g/mol. The van der Waals surface area contributed by atoms with Gasteiger partial charge in [-0.1, -0.05) is 61.5 Å². The molecule has 1 aliphatic heterocycles. The first-order valence-electron chi connectivity index (χ1n) is 11.1. The maximum absolute atomic E-state index is 12.3. The first kappa shape index (κ1) is 22.4. The van der Waals surface area contributed by atoms with Crippen LogP contribution in [0.25, 0.3) is 11.3 Å². The molecule has 0 aliphatic carbocycles. The van der Waals surface area contributed by atoms with Crippen LogP contribution in [0.15, 0.2) is 64.5 Å². The summed E-state index contributed by atoms with van der Waals surface area (Å²) in [7, 11) is 0. The first-order valence-corrected chi connectivity index (χ1v) is 11.1. The molecule has 8 nitrogen and oxygen atoms in total. The molecule has 2 N–H and O–H groups in total. The molecule has 3 aromatic rings. The van der Waals surface area contributed by atoms with Crippen LogP contribution in [0.1, 0.15) is 23.6 Å². The zero-order valence-corrected chi connectivity index (χ0v) is 18.7. The van der Waals surface area contributed by atoms with Gasteiger partial charge in [0.05, 0.1) is 11.9 Å². The monoisotopic (exact) mass is 441 g/mol. The van der Waals surface area contributed by atoms with Crippen molar-refractivity contribution in [2.45, 2.75) is 13.5 Å². The summed E-state index contributed by atoms with van der Waals surface area (Å²) in [5.41, 5.74) is 5.46. The van der Waals surface area contributed by atoms with Crippen molar-refractivity contribution in [3.8, 4) is 17.3 Å². The summed E-state index contributed by atoms with van der Waals surface area (Å²) >= 11 is 0. The molecule has 0 amide bonds. The van der Waals surface area contributed by atoms with Gasteiger partial charge in [0.2, 0.25) is 5.95 Å². The lowest BCUT2D eigenvalue weighted by molar-refractivity contribution is 0.132. The van der Waals surface area contributed by atoms with Crippen molar-refractivity contribution in [1.29, 1.82) is 5.26 Å². The van der Waals surface area contributed by atoms with Gasteiger partial charge in [0.15, 0.2) is 0 Å². The van der Waals surface area contributed by atoms with Crippen molar-refractivity contribution < 1.29 is 0 Å². The molecule has 1 aromatic heterocycles. The molecule has 0 spiro atoms. The highest BCUT2D eigenvalue weighted by Gasteiger charge is 2.15. The van der Waals surface area contributed by atoms with Gasteiger partial charge in [-0.15, -0.1) is 0 Å². The number of nitriles is 1. The van der Waals surface area contributed by atoms with Crippen LogP contribution < -0.4 is 11.0 Å². The normalized spacial score (nSPS) is 14.9. The molecule has 2 heterocycles. The van der Waals surface area contributed by atoms with Gasteiger partial charge in [-0.25, -0.2) is 10.4 Å². The molecule has 168 valence electrons. The van der Waals surface area contributed by atoms with Gasteiger partial charge in [0, 0.05) is 38.3 Å². The van der Waals surface area contributed by atoms with E-state index in [0.29, 0.717) is 11.3 Å². The standard InChI is InChI=1S/C25H27N7O/c1-2-31-12-14-32(15-13-31)18-20-10-8-19(9-11-20)17-27-30-25-28-23(21-6-4-3-5-7-21)22(16-26)24(33)29-25/h3-11,17H,2,12-15,18H2,1H3,(H2,28,29,30,33). The topological polar surface area (TPSA) is 100 Å². The predicted octanol–water partition coefficient (Wildman–Crippen LogP) is 2.89. The van der Waals surface area contributed by atoms with Crippen molar-refractivity contribution in [1.82, 2.24) is 19.8 Å². The van der Waals surface area contributed by atoms with Crippen LogP contribution in [0.4, 0.5) is 5.95 Å². The smallest absolute Gasteiger partial charge is 0.270 e. The average Bonchev–Trinajstić information content (AvgIpc) is 2.86. The third kappa shape index (κ3) is 5.71. The predicted molar refractivity (Wildman–Crippen MR) is 130 cm³/mol. The number of likely N-dealkylation sites (N-methyl/N-ethyl adjacent to an activating group) is 1. The molecular weight excluding hydrogens is 414 g/mol. The van der Waals surface area contributed by atoms with E-state index in [0.717, 1.165) is 44.8 Å². The number of hydrazone groups is 1. The number of anilines is 1. The van der Waals surface area contributed by atoms with E-state index in [9.17, 15) is 10.1 Å². The van der Waals surface area contributed by atoms with Gasteiger partial charge < -0.3 is 4.90 Å². The third-order valence-corrected chi connectivity index (χ3v) is 5.76. The number of piperazine rings is 1. The number of nitrogens with zero attached hydrogens (tertiary/aromatic N) is 5. The van der Waals surface area contributed by atoms with Crippen molar-refractivity contribution in [2.75, 3.05) is 38.1 Å². The summed E-state index contributed by atoms with van der Waals surface area (Å²) in [6.45, 7) is 8.74. The number of H-pyrrole nitrogens is 1. The Morgan fingerprint density at radius 3 is 2.45 bits per heavy atom. The Bertz CT molecular complexity index is 1190. The van der Waals surface area contributed by atoms with E-state index in [4.69, 9.17) is 0 Å². The van der Waals surface area contributed by atoms with E-state index in [1.165, 1.54) is 5.56 Å². The molecule has 8 heteroatoms. The maximum atomic E-state index is 12.3. The van der Waals surface area contributed by atoms with E-state index >= 15 is 0 Å². The number of hydrogen-bond donors (Lipinski definition) is 2. The Morgan fingerprint density at radius 1 is 1.09 bits per heavy atom. The minimum Gasteiger partial charge on any atom is -0.301 e. The fourth-order valence-corrected chi connectivity index (χ4v) is 3.83. The summed E-state index contributed by atoms with van der Waals surface area (Å²) in [6, 6.07) is 19.3. The van der Waals surface area contributed by atoms with Crippen molar-refractivity contribution in [2.24, 2.45) is 5.10 Å². The summed E-state index contributed by atoms with van der Waals surface area (Å²) in [5, 5.41) is 13.6.